The highest BCUT2D eigenvalue weighted by Crippen LogP contribution is 2.49. The minimum atomic E-state index is -1.32. The Morgan fingerprint density at radius 2 is 1.38 bits per heavy atom. The second-order valence-electron chi connectivity index (χ2n) is 17.8. The Balaban J connectivity index is 2.00. The van der Waals surface area contributed by atoms with Crippen LogP contribution in [0.5, 0.6) is 0 Å². The molecule has 0 aromatic rings. The van der Waals surface area contributed by atoms with Crippen LogP contribution < -0.4 is 0 Å². The van der Waals surface area contributed by atoms with Crippen molar-refractivity contribution in [3.8, 4) is 0 Å². The number of carbonyl (C=O) groups excluding carboxylic acids is 3. The van der Waals surface area contributed by atoms with E-state index in [4.69, 9.17) is 14.2 Å². The van der Waals surface area contributed by atoms with E-state index in [9.17, 15) is 39.9 Å². The minimum absolute atomic E-state index is 0.179. The third-order valence-electron chi connectivity index (χ3n) is 13.5. The molecular weight excluding hydrogens is 716 g/mol. The topological polar surface area (TPSA) is 180 Å². The minimum Gasteiger partial charge on any atom is -0.458 e. The highest BCUT2D eigenvalue weighted by molar-refractivity contribution is 5.87. The Bertz CT molecular complexity index is 1380. The van der Waals surface area contributed by atoms with Gasteiger partial charge in [-0.15, -0.1) is 0 Å². The number of hydrogen-bond acceptors (Lipinski definition) is 11. The number of aliphatic hydroxyl groups is 5. The highest BCUT2D eigenvalue weighted by Gasteiger charge is 2.56. The Hall–Kier alpha value is -2.25. The first-order chi connectivity index (χ1) is 26.2. The monoisotopic (exact) mass is 791 g/mol. The number of carbonyl (C=O) groups is 3. The number of fused-ring (bicyclic) bond motifs is 2. The average Bonchev–Trinajstić information content (AvgIpc) is 3.16. The van der Waals surface area contributed by atoms with E-state index in [0.717, 1.165) is 6.42 Å². The van der Waals surface area contributed by atoms with Crippen LogP contribution in [0.2, 0.25) is 0 Å². The number of ketones is 2. The average molecular weight is 791 g/mol. The molecule has 0 aliphatic carbocycles. The van der Waals surface area contributed by atoms with Crippen LogP contribution in [-0.2, 0) is 28.6 Å². The Labute approximate surface area is 336 Å². The molecule has 2 bridgehead atoms. The zero-order valence-electron chi connectivity index (χ0n) is 35.8. The molecule has 56 heavy (non-hydrogen) atoms. The molecule has 3 rings (SSSR count). The van der Waals surface area contributed by atoms with Crippen molar-refractivity contribution in [1.29, 1.82) is 0 Å². The van der Waals surface area contributed by atoms with E-state index in [1.807, 2.05) is 52.0 Å². The maximum Gasteiger partial charge on any atom is 0.330 e. The summed E-state index contributed by atoms with van der Waals surface area (Å²) in [7, 11) is 0. The smallest absolute Gasteiger partial charge is 0.330 e. The van der Waals surface area contributed by atoms with Gasteiger partial charge in [-0.25, -0.2) is 4.79 Å². The van der Waals surface area contributed by atoms with Gasteiger partial charge in [-0.05, 0) is 44.4 Å². The van der Waals surface area contributed by atoms with Gasteiger partial charge in [0.05, 0.1) is 42.7 Å². The summed E-state index contributed by atoms with van der Waals surface area (Å²) in [4.78, 5) is 40.5. The first-order valence-corrected chi connectivity index (χ1v) is 21.2. The normalized spacial score (nSPS) is 45.1. The molecule has 1 spiro atoms. The lowest BCUT2D eigenvalue weighted by Crippen LogP contribution is -2.62. The van der Waals surface area contributed by atoms with Crippen LogP contribution in [0.15, 0.2) is 36.5 Å². The molecule has 0 amide bonds. The summed E-state index contributed by atoms with van der Waals surface area (Å²) in [6.45, 7) is 19.6. The summed E-state index contributed by atoms with van der Waals surface area (Å²) in [5.41, 5.74) is 0. The summed E-state index contributed by atoms with van der Waals surface area (Å²) in [6, 6.07) is 0. The Morgan fingerprint density at radius 3 is 1.96 bits per heavy atom. The maximum atomic E-state index is 13.5. The number of aliphatic hydroxyl groups excluding tert-OH is 5. The van der Waals surface area contributed by atoms with E-state index in [1.54, 1.807) is 34.6 Å². The van der Waals surface area contributed by atoms with Crippen LogP contribution in [0.1, 0.15) is 115 Å². The summed E-state index contributed by atoms with van der Waals surface area (Å²) >= 11 is 0. The fourth-order valence-electron chi connectivity index (χ4n) is 9.01. The molecular formula is C45H74O11. The molecule has 3 heterocycles. The number of allylic oxidation sites excluding steroid dienone is 3. The fraction of sp³-hybridized carbons (Fsp3) is 0.800. The fourth-order valence-corrected chi connectivity index (χ4v) is 9.01. The number of Topliss-reactive ketones (excluding diaryl/α,β-unsaturated/α-hetero) is 2. The van der Waals surface area contributed by atoms with Crippen molar-refractivity contribution >= 4 is 17.5 Å². The van der Waals surface area contributed by atoms with Gasteiger partial charge in [0.15, 0.2) is 5.79 Å². The Kier molecular flexibility index (Phi) is 18.2. The molecule has 0 radical (unpaired) electrons. The number of esters is 1. The van der Waals surface area contributed by atoms with Gasteiger partial charge < -0.3 is 39.7 Å². The molecule has 0 saturated carbocycles. The van der Waals surface area contributed by atoms with Gasteiger partial charge in [-0.3, -0.25) is 9.59 Å². The molecule has 0 aromatic carbocycles. The van der Waals surface area contributed by atoms with E-state index in [1.165, 1.54) is 19.1 Å². The van der Waals surface area contributed by atoms with E-state index in [-0.39, 0.29) is 42.0 Å². The second-order valence-corrected chi connectivity index (χ2v) is 17.8. The van der Waals surface area contributed by atoms with Gasteiger partial charge in [0.25, 0.3) is 0 Å². The summed E-state index contributed by atoms with van der Waals surface area (Å²) in [5.74, 6) is -7.77. The third-order valence-corrected chi connectivity index (χ3v) is 13.5. The third kappa shape index (κ3) is 11.7. The van der Waals surface area contributed by atoms with Gasteiger partial charge >= 0.3 is 5.97 Å². The van der Waals surface area contributed by atoms with E-state index < -0.39 is 95.8 Å². The lowest BCUT2D eigenvalue weighted by atomic mass is 9.74. The van der Waals surface area contributed by atoms with Crippen LogP contribution in [0.4, 0.5) is 0 Å². The van der Waals surface area contributed by atoms with Gasteiger partial charge in [0, 0.05) is 66.3 Å². The molecule has 5 N–H and O–H groups in total. The van der Waals surface area contributed by atoms with E-state index in [2.05, 4.69) is 6.92 Å². The van der Waals surface area contributed by atoms with E-state index >= 15 is 0 Å². The molecule has 0 aromatic heterocycles. The van der Waals surface area contributed by atoms with Crippen molar-refractivity contribution < 1.29 is 54.1 Å². The zero-order valence-corrected chi connectivity index (χ0v) is 35.8. The molecule has 11 heteroatoms. The summed E-state index contributed by atoms with van der Waals surface area (Å²) in [6.07, 6.45) is 7.23. The molecule has 320 valence electrons. The number of rotatable bonds is 3. The van der Waals surface area contributed by atoms with Crippen LogP contribution >= 0.6 is 0 Å². The number of ether oxygens (including phenoxy) is 3. The molecule has 3 aliphatic rings. The van der Waals surface area contributed by atoms with Gasteiger partial charge in [-0.2, -0.15) is 0 Å². The molecule has 3 aliphatic heterocycles. The quantitative estimate of drug-likeness (QED) is 0.220. The Morgan fingerprint density at radius 1 is 0.786 bits per heavy atom. The second kappa shape index (κ2) is 21.1. The molecule has 19 atom stereocenters. The molecule has 2 saturated heterocycles. The zero-order chi connectivity index (χ0) is 42.2. The molecule has 2 fully saturated rings. The van der Waals surface area contributed by atoms with Crippen LogP contribution in [0.25, 0.3) is 0 Å². The standard InChI is InChI=1S/C45H74O11/c1-12-34-17-15-13-14-16-25(3)39(49)29(7)41(51)31(9)43(53)32(10)42(52)30(8)40(50)26(4)18-19-38(48)54-44-28(6)37(23-35(34)47)56-45(33(44)11)21-20-24(2)36(55-45)22-27(5)46/h13-15,17-19,24-37,39-40,43-44,46-47,49-50,53H,12,16,20-23H2,1-11H3. The molecule has 11 nitrogen and oxygen atoms in total. The van der Waals surface area contributed by atoms with Crippen molar-refractivity contribution in [3.05, 3.63) is 36.5 Å². The lowest BCUT2D eigenvalue weighted by Gasteiger charge is -2.55. The summed E-state index contributed by atoms with van der Waals surface area (Å²) < 4.78 is 19.8. The van der Waals surface area contributed by atoms with Gasteiger partial charge in [0.2, 0.25) is 0 Å². The van der Waals surface area contributed by atoms with Crippen molar-refractivity contribution in [2.45, 2.75) is 169 Å². The lowest BCUT2D eigenvalue weighted by molar-refractivity contribution is -0.372. The summed E-state index contributed by atoms with van der Waals surface area (Å²) in [5, 5.41) is 55.4. The van der Waals surface area contributed by atoms with E-state index in [0.29, 0.717) is 25.7 Å². The molecule has 19 unspecified atom stereocenters. The van der Waals surface area contributed by atoms with Crippen LogP contribution in [-0.4, -0.2) is 97.7 Å². The predicted molar refractivity (Wildman–Crippen MR) is 215 cm³/mol. The van der Waals surface area contributed by atoms with Crippen molar-refractivity contribution in [2.75, 3.05) is 0 Å². The van der Waals surface area contributed by atoms with Crippen molar-refractivity contribution in [1.82, 2.24) is 0 Å². The number of hydrogen-bond donors (Lipinski definition) is 5. The van der Waals surface area contributed by atoms with Crippen molar-refractivity contribution in [3.63, 3.8) is 0 Å². The largest absolute Gasteiger partial charge is 0.458 e. The predicted octanol–water partition coefficient (Wildman–Crippen LogP) is 5.74. The van der Waals surface area contributed by atoms with Crippen molar-refractivity contribution in [2.24, 2.45) is 59.2 Å². The highest BCUT2D eigenvalue weighted by atomic mass is 16.7. The van der Waals surface area contributed by atoms with Gasteiger partial charge in [0.1, 0.15) is 17.7 Å². The maximum absolute atomic E-state index is 13.5. The van der Waals surface area contributed by atoms with Gasteiger partial charge in [-0.1, -0.05) is 99.6 Å². The van der Waals surface area contributed by atoms with Crippen LogP contribution in [0.3, 0.4) is 0 Å². The first kappa shape index (κ1) is 48.1. The first-order valence-electron chi connectivity index (χ1n) is 21.2. The SMILES string of the molecule is CCC1C=CC=CCC(C)C(O)C(C)C(=O)C(C)C(O)C(C)C(=O)C(C)C(O)C(C)C=CC(=O)OC2C(C)C(CC1O)OC1(CCC(C)C(CC(C)O)O1)C2C. The van der Waals surface area contributed by atoms with Crippen LogP contribution in [0, 0.1) is 59.2 Å².